The fourth-order valence-corrected chi connectivity index (χ4v) is 5.54. The molecule has 0 spiro atoms. The normalized spacial score (nSPS) is 22.2. The van der Waals surface area contributed by atoms with Crippen molar-refractivity contribution in [3.8, 4) is 5.75 Å². The minimum absolute atomic E-state index is 0.0120. The molecule has 198 valence electrons. The highest BCUT2D eigenvalue weighted by Gasteiger charge is 2.46. The molecule has 2 aliphatic heterocycles. The number of methoxy groups -OCH3 is 1. The highest BCUT2D eigenvalue weighted by Crippen LogP contribution is 2.36. The molecule has 2 saturated heterocycles. The summed E-state index contributed by atoms with van der Waals surface area (Å²) in [6.07, 6.45) is 3.35. The number of nitrogens with zero attached hydrogens (tertiary/aromatic N) is 3. The van der Waals surface area contributed by atoms with E-state index in [-0.39, 0.29) is 29.6 Å². The van der Waals surface area contributed by atoms with Gasteiger partial charge in [-0.3, -0.25) is 14.5 Å². The molecule has 0 radical (unpaired) electrons. The lowest BCUT2D eigenvalue weighted by atomic mass is 10.1. The predicted molar refractivity (Wildman–Crippen MR) is 139 cm³/mol. The Hall–Kier alpha value is -2.97. The lowest BCUT2D eigenvalue weighted by molar-refractivity contribution is -0.144. The van der Waals surface area contributed by atoms with Gasteiger partial charge in [-0.2, -0.15) is 0 Å². The first-order chi connectivity index (χ1) is 18.0. The van der Waals surface area contributed by atoms with Crippen LogP contribution in [0, 0.1) is 11.7 Å². The molecule has 0 bridgehead atoms. The average Bonchev–Trinajstić information content (AvgIpc) is 3.72. The van der Waals surface area contributed by atoms with Crippen LogP contribution in [0.4, 0.5) is 4.39 Å². The molecule has 1 aliphatic carbocycles. The van der Waals surface area contributed by atoms with Gasteiger partial charge >= 0.3 is 0 Å². The first-order valence-electron chi connectivity index (χ1n) is 13.4. The van der Waals surface area contributed by atoms with Gasteiger partial charge in [-0.15, -0.1) is 0 Å². The van der Waals surface area contributed by atoms with E-state index in [9.17, 15) is 14.0 Å². The molecule has 5 rings (SSSR count). The van der Waals surface area contributed by atoms with Gasteiger partial charge in [0.05, 0.1) is 7.11 Å². The van der Waals surface area contributed by atoms with E-state index in [0.29, 0.717) is 32.6 Å². The molecule has 1 saturated carbocycles. The number of halogens is 1. The third-order valence-electron chi connectivity index (χ3n) is 7.76. The lowest BCUT2D eigenvalue weighted by Crippen LogP contribution is -2.49. The molecule has 3 aliphatic rings. The van der Waals surface area contributed by atoms with Crippen LogP contribution in [-0.4, -0.2) is 78.4 Å². The van der Waals surface area contributed by atoms with Gasteiger partial charge in [0, 0.05) is 51.2 Å². The summed E-state index contributed by atoms with van der Waals surface area (Å²) in [6.45, 7) is 4.86. The Morgan fingerprint density at radius 2 is 1.81 bits per heavy atom. The summed E-state index contributed by atoms with van der Waals surface area (Å²) in [5, 5.41) is 3.36. The Morgan fingerprint density at radius 3 is 2.57 bits per heavy atom. The van der Waals surface area contributed by atoms with Crippen molar-refractivity contribution in [2.24, 2.45) is 5.92 Å². The maximum absolute atomic E-state index is 13.7. The highest BCUT2D eigenvalue weighted by atomic mass is 19.1. The second-order valence-electron chi connectivity index (χ2n) is 10.5. The van der Waals surface area contributed by atoms with Crippen LogP contribution in [0.3, 0.4) is 0 Å². The smallest absolute Gasteiger partial charge is 0.245 e. The lowest BCUT2D eigenvalue weighted by Gasteiger charge is -2.29. The SMILES string of the molecule is COc1cccc(CN(Cc2ccc(F)cc2)C2CC(C(=O)N3CCCNCC3)N(C(=O)C3CC3)C2)c1. The minimum atomic E-state index is -0.433. The zero-order valence-electron chi connectivity index (χ0n) is 21.6. The molecule has 2 unspecified atom stereocenters. The van der Waals surface area contributed by atoms with Crippen LogP contribution in [0.2, 0.25) is 0 Å². The average molecular weight is 509 g/mol. The van der Waals surface area contributed by atoms with Crippen molar-refractivity contribution in [2.75, 3.05) is 39.8 Å². The number of nitrogens with one attached hydrogen (secondary N) is 1. The Balaban J connectivity index is 1.40. The van der Waals surface area contributed by atoms with Crippen LogP contribution in [-0.2, 0) is 22.7 Å². The number of carbonyl (C=O) groups is 2. The molecule has 2 amide bonds. The van der Waals surface area contributed by atoms with Gasteiger partial charge in [-0.05, 0) is 67.6 Å². The van der Waals surface area contributed by atoms with Crippen LogP contribution in [0.25, 0.3) is 0 Å². The zero-order chi connectivity index (χ0) is 25.8. The van der Waals surface area contributed by atoms with Crippen molar-refractivity contribution >= 4 is 11.8 Å². The van der Waals surface area contributed by atoms with Crippen LogP contribution in [0.1, 0.15) is 36.8 Å². The Bertz CT molecular complexity index is 1080. The van der Waals surface area contributed by atoms with E-state index in [1.54, 1.807) is 7.11 Å². The number of carbonyl (C=O) groups excluding carboxylic acids is 2. The zero-order valence-corrected chi connectivity index (χ0v) is 21.6. The molecule has 0 aromatic heterocycles. The van der Waals surface area contributed by atoms with Crippen LogP contribution >= 0.6 is 0 Å². The molecule has 7 nitrogen and oxygen atoms in total. The van der Waals surface area contributed by atoms with Crippen molar-refractivity contribution in [1.82, 2.24) is 20.0 Å². The number of rotatable bonds is 8. The number of amides is 2. The van der Waals surface area contributed by atoms with E-state index >= 15 is 0 Å². The van der Waals surface area contributed by atoms with Gasteiger partial charge in [0.25, 0.3) is 0 Å². The van der Waals surface area contributed by atoms with E-state index in [2.05, 4.69) is 16.3 Å². The van der Waals surface area contributed by atoms with Gasteiger partial charge < -0.3 is 19.9 Å². The van der Waals surface area contributed by atoms with Gasteiger partial charge in [-0.25, -0.2) is 4.39 Å². The van der Waals surface area contributed by atoms with Gasteiger partial charge in [0.15, 0.2) is 0 Å². The van der Waals surface area contributed by atoms with Crippen LogP contribution in [0.5, 0.6) is 5.75 Å². The Morgan fingerprint density at radius 1 is 1.03 bits per heavy atom. The molecule has 37 heavy (non-hydrogen) atoms. The molecule has 2 aromatic rings. The number of ether oxygens (including phenoxy) is 1. The van der Waals surface area contributed by atoms with Crippen molar-refractivity contribution in [1.29, 1.82) is 0 Å². The molecular weight excluding hydrogens is 471 g/mol. The van der Waals surface area contributed by atoms with Gasteiger partial charge in [-0.1, -0.05) is 24.3 Å². The molecule has 2 atom stereocenters. The maximum Gasteiger partial charge on any atom is 0.245 e. The summed E-state index contributed by atoms with van der Waals surface area (Å²) in [5.74, 6) is 0.783. The summed E-state index contributed by atoms with van der Waals surface area (Å²) >= 11 is 0. The molecule has 2 aromatic carbocycles. The van der Waals surface area contributed by atoms with Gasteiger partial charge in [0.2, 0.25) is 11.8 Å². The minimum Gasteiger partial charge on any atom is -0.497 e. The largest absolute Gasteiger partial charge is 0.497 e. The van der Waals surface area contributed by atoms with E-state index in [0.717, 1.165) is 55.8 Å². The highest BCUT2D eigenvalue weighted by molar-refractivity contribution is 5.90. The number of hydrogen-bond donors (Lipinski definition) is 1. The van der Waals surface area contributed by atoms with E-state index in [1.807, 2.05) is 40.1 Å². The first-order valence-corrected chi connectivity index (χ1v) is 13.4. The quantitative estimate of drug-likeness (QED) is 0.594. The number of likely N-dealkylation sites (tertiary alicyclic amines) is 1. The Kier molecular flexibility index (Phi) is 8.05. The molecular formula is C29H37FN4O3. The summed E-state index contributed by atoms with van der Waals surface area (Å²) in [6, 6.07) is 14.1. The van der Waals surface area contributed by atoms with E-state index in [4.69, 9.17) is 4.74 Å². The molecule has 2 heterocycles. The molecule has 1 N–H and O–H groups in total. The van der Waals surface area contributed by atoms with Crippen molar-refractivity contribution in [3.05, 3.63) is 65.5 Å². The van der Waals surface area contributed by atoms with E-state index in [1.165, 1.54) is 12.1 Å². The summed E-state index contributed by atoms with van der Waals surface area (Å²) in [5.41, 5.74) is 2.09. The third kappa shape index (κ3) is 6.30. The second-order valence-corrected chi connectivity index (χ2v) is 10.5. The van der Waals surface area contributed by atoms with Crippen molar-refractivity contribution in [3.63, 3.8) is 0 Å². The number of hydrogen-bond acceptors (Lipinski definition) is 5. The first kappa shape index (κ1) is 25.7. The summed E-state index contributed by atoms with van der Waals surface area (Å²) in [7, 11) is 1.66. The van der Waals surface area contributed by atoms with Crippen LogP contribution in [0.15, 0.2) is 48.5 Å². The summed E-state index contributed by atoms with van der Waals surface area (Å²) in [4.78, 5) is 33.2. The predicted octanol–water partition coefficient (Wildman–Crippen LogP) is 3.04. The van der Waals surface area contributed by atoms with Crippen molar-refractivity contribution < 1.29 is 18.7 Å². The second kappa shape index (κ2) is 11.6. The van der Waals surface area contributed by atoms with Crippen molar-refractivity contribution in [2.45, 2.75) is 50.9 Å². The van der Waals surface area contributed by atoms with Crippen LogP contribution < -0.4 is 10.1 Å². The van der Waals surface area contributed by atoms with E-state index < -0.39 is 6.04 Å². The number of benzene rings is 2. The fraction of sp³-hybridized carbons (Fsp3) is 0.517. The standard InChI is InChI=1S/C29H37FN4O3/c1-37-26-5-2-4-22(16-26)19-33(18-21-6-10-24(30)11-7-21)25-17-27(34(20-25)28(35)23-8-9-23)29(36)32-14-3-12-31-13-15-32/h2,4-7,10-11,16,23,25,27,31H,3,8-9,12-15,17-20H2,1H3. The monoisotopic (exact) mass is 508 g/mol. The Labute approximate surface area is 218 Å². The maximum atomic E-state index is 13.7. The fourth-order valence-electron chi connectivity index (χ4n) is 5.54. The molecule has 8 heteroatoms. The molecule has 3 fully saturated rings. The van der Waals surface area contributed by atoms with Gasteiger partial charge in [0.1, 0.15) is 17.6 Å². The third-order valence-corrected chi connectivity index (χ3v) is 7.76. The summed E-state index contributed by atoms with van der Waals surface area (Å²) < 4.78 is 19.0. The topological polar surface area (TPSA) is 65.1 Å².